The summed E-state index contributed by atoms with van der Waals surface area (Å²) in [7, 11) is -3.54. The Hall–Kier alpha value is -0.960. The Morgan fingerprint density at radius 2 is 2.22 bits per heavy atom. The molecular formula is C10H15N3O3S2. The molecule has 4 N–H and O–H groups in total. The number of thiophene rings is 1. The third-order valence-electron chi connectivity index (χ3n) is 2.87. The van der Waals surface area contributed by atoms with E-state index in [0.717, 1.165) is 24.2 Å². The first kappa shape index (κ1) is 13.5. The molecule has 18 heavy (non-hydrogen) atoms. The molecule has 1 aromatic rings. The highest BCUT2D eigenvalue weighted by Crippen LogP contribution is 2.25. The van der Waals surface area contributed by atoms with Gasteiger partial charge in [0, 0.05) is 24.5 Å². The van der Waals surface area contributed by atoms with Crippen molar-refractivity contribution in [1.82, 2.24) is 4.31 Å². The summed E-state index contributed by atoms with van der Waals surface area (Å²) < 4.78 is 26.1. The summed E-state index contributed by atoms with van der Waals surface area (Å²) in [5.74, 6) is -0.622. The molecule has 2 heterocycles. The Bertz CT molecular complexity index is 552. The van der Waals surface area contributed by atoms with Gasteiger partial charge >= 0.3 is 0 Å². The van der Waals surface area contributed by atoms with Gasteiger partial charge in [0.1, 0.15) is 4.21 Å². The standard InChI is InChI=1S/C10H15N3O3S2/c11-8-2-1-3-13(5-8)18(15,16)9-4-7(6-17-9)10(12)14/h4,6,8H,1-3,5,11H2,(H2,12,14). The highest BCUT2D eigenvalue weighted by Gasteiger charge is 2.30. The van der Waals surface area contributed by atoms with Gasteiger partial charge in [-0.05, 0) is 18.9 Å². The monoisotopic (exact) mass is 289 g/mol. The molecule has 1 aliphatic rings. The van der Waals surface area contributed by atoms with Crippen LogP contribution in [0.5, 0.6) is 0 Å². The number of nitrogens with zero attached hydrogens (tertiary/aromatic N) is 1. The van der Waals surface area contributed by atoms with Crippen LogP contribution in [-0.4, -0.2) is 37.8 Å². The second-order valence-corrected chi connectivity index (χ2v) is 7.36. The fourth-order valence-corrected chi connectivity index (χ4v) is 4.76. The lowest BCUT2D eigenvalue weighted by atomic mass is 10.1. The molecule has 2 rings (SSSR count). The molecule has 6 nitrogen and oxygen atoms in total. The van der Waals surface area contributed by atoms with Crippen LogP contribution >= 0.6 is 11.3 Å². The van der Waals surface area contributed by atoms with Crippen LogP contribution in [0.4, 0.5) is 0 Å². The summed E-state index contributed by atoms with van der Waals surface area (Å²) in [5.41, 5.74) is 11.1. The van der Waals surface area contributed by atoms with Gasteiger partial charge in [-0.1, -0.05) is 0 Å². The van der Waals surface area contributed by atoms with Crippen LogP contribution < -0.4 is 11.5 Å². The molecule has 1 fully saturated rings. The molecule has 0 radical (unpaired) electrons. The molecule has 1 unspecified atom stereocenters. The summed E-state index contributed by atoms with van der Waals surface area (Å²) in [5, 5.41) is 1.46. The van der Waals surface area contributed by atoms with E-state index < -0.39 is 15.9 Å². The predicted octanol–water partition coefficient (Wildman–Crippen LogP) is -0.0412. The van der Waals surface area contributed by atoms with Crippen LogP contribution in [-0.2, 0) is 10.0 Å². The minimum Gasteiger partial charge on any atom is -0.366 e. The summed E-state index contributed by atoms with van der Waals surface area (Å²) in [6.07, 6.45) is 1.59. The Kier molecular flexibility index (Phi) is 3.71. The number of hydrogen-bond acceptors (Lipinski definition) is 5. The minimum absolute atomic E-state index is 0.121. The number of carbonyl (C=O) groups is 1. The zero-order valence-corrected chi connectivity index (χ0v) is 11.3. The number of rotatable bonds is 3. The van der Waals surface area contributed by atoms with Crippen LogP contribution in [0.15, 0.2) is 15.7 Å². The maximum Gasteiger partial charge on any atom is 0.252 e. The Labute approximate surface area is 110 Å². The van der Waals surface area contributed by atoms with Gasteiger partial charge in [0.15, 0.2) is 0 Å². The number of sulfonamides is 1. The largest absolute Gasteiger partial charge is 0.366 e. The van der Waals surface area contributed by atoms with Crippen molar-refractivity contribution in [3.8, 4) is 0 Å². The van der Waals surface area contributed by atoms with Crippen molar-refractivity contribution in [2.24, 2.45) is 11.5 Å². The molecule has 0 aromatic carbocycles. The smallest absolute Gasteiger partial charge is 0.252 e. The number of carbonyl (C=O) groups excluding carboxylic acids is 1. The normalized spacial score (nSPS) is 21.9. The quantitative estimate of drug-likeness (QED) is 0.814. The lowest BCUT2D eigenvalue weighted by Crippen LogP contribution is -2.45. The Morgan fingerprint density at radius 3 is 2.78 bits per heavy atom. The van der Waals surface area contributed by atoms with Crippen LogP contribution in [0, 0.1) is 0 Å². The SMILES string of the molecule is NC(=O)c1csc(S(=O)(=O)N2CCCC(N)C2)c1. The molecule has 1 atom stereocenters. The third-order valence-corrected chi connectivity index (χ3v) is 6.15. The van der Waals surface area contributed by atoms with E-state index >= 15 is 0 Å². The van der Waals surface area contributed by atoms with E-state index in [2.05, 4.69) is 0 Å². The fourth-order valence-electron chi connectivity index (χ4n) is 1.90. The van der Waals surface area contributed by atoms with Crippen LogP contribution in [0.25, 0.3) is 0 Å². The van der Waals surface area contributed by atoms with E-state index in [1.165, 1.54) is 15.8 Å². The summed E-state index contributed by atoms with van der Waals surface area (Å²) in [4.78, 5) is 11.0. The topological polar surface area (TPSA) is 106 Å². The van der Waals surface area contributed by atoms with Gasteiger partial charge in [0.25, 0.3) is 10.0 Å². The highest BCUT2D eigenvalue weighted by molar-refractivity contribution is 7.91. The molecule has 1 aromatic heterocycles. The highest BCUT2D eigenvalue weighted by atomic mass is 32.2. The van der Waals surface area contributed by atoms with Crippen LogP contribution in [0.3, 0.4) is 0 Å². The van der Waals surface area contributed by atoms with Gasteiger partial charge in [-0.15, -0.1) is 11.3 Å². The van der Waals surface area contributed by atoms with Gasteiger partial charge < -0.3 is 11.5 Å². The van der Waals surface area contributed by atoms with Gasteiger partial charge in [-0.2, -0.15) is 4.31 Å². The van der Waals surface area contributed by atoms with Crippen molar-refractivity contribution in [3.63, 3.8) is 0 Å². The second kappa shape index (κ2) is 4.96. The predicted molar refractivity (Wildman–Crippen MR) is 68.8 cm³/mol. The summed E-state index contributed by atoms with van der Waals surface area (Å²) in [6.45, 7) is 0.798. The van der Waals surface area contributed by atoms with Crippen LogP contribution in [0.2, 0.25) is 0 Å². The van der Waals surface area contributed by atoms with Crippen molar-refractivity contribution in [2.75, 3.05) is 13.1 Å². The van der Waals surface area contributed by atoms with Gasteiger partial charge in [0.2, 0.25) is 5.91 Å². The van der Waals surface area contributed by atoms with E-state index in [9.17, 15) is 13.2 Å². The Balaban J connectivity index is 2.26. The zero-order valence-electron chi connectivity index (χ0n) is 9.70. The lowest BCUT2D eigenvalue weighted by molar-refractivity contribution is 0.100. The van der Waals surface area contributed by atoms with E-state index in [4.69, 9.17) is 11.5 Å². The molecular weight excluding hydrogens is 274 g/mol. The molecule has 1 amide bonds. The molecule has 8 heteroatoms. The van der Waals surface area contributed by atoms with Crippen molar-refractivity contribution >= 4 is 27.3 Å². The van der Waals surface area contributed by atoms with Crippen molar-refractivity contribution in [1.29, 1.82) is 0 Å². The Morgan fingerprint density at radius 1 is 1.50 bits per heavy atom. The number of primary amides is 1. The lowest BCUT2D eigenvalue weighted by Gasteiger charge is -2.29. The first-order valence-corrected chi connectivity index (χ1v) is 7.87. The maximum absolute atomic E-state index is 12.3. The maximum atomic E-state index is 12.3. The second-order valence-electron chi connectivity index (χ2n) is 4.28. The van der Waals surface area contributed by atoms with E-state index in [-0.39, 0.29) is 15.8 Å². The number of amides is 1. The van der Waals surface area contributed by atoms with E-state index in [1.807, 2.05) is 0 Å². The molecule has 0 aliphatic carbocycles. The molecule has 0 bridgehead atoms. The molecule has 0 saturated carbocycles. The van der Waals surface area contributed by atoms with Gasteiger partial charge in [-0.3, -0.25) is 4.79 Å². The summed E-state index contributed by atoms with van der Waals surface area (Å²) >= 11 is 1.01. The zero-order chi connectivity index (χ0) is 13.3. The third kappa shape index (κ3) is 2.56. The first-order chi connectivity index (χ1) is 8.41. The average molecular weight is 289 g/mol. The molecule has 0 spiro atoms. The fraction of sp³-hybridized carbons (Fsp3) is 0.500. The number of piperidine rings is 1. The molecule has 1 saturated heterocycles. The number of hydrogen-bond donors (Lipinski definition) is 2. The minimum atomic E-state index is -3.54. The van der Waals surface area contributed by atoms with Crippen LogP contribution in [0.1, 0.15) is 23.2 Å². The number of nitrogens with two attached hydrogens (primary N) is 2. The van der Waals surface area contributed by atoms with E-state index in [0.29, 0.717) is 13.1 Å². The van der Waals surface area contributed by atoms with Crippen molar-refractivity contribution in [3.05, 3.63) is 17.0 Å². The van der Waals surface area contributed by atoms with Crippen molar-refractivity contribution < 1.29 is 13.2 Å². The first-order valence-electron chi connectivity index (χ1n) is 5.55. The van der Waals surface area contributed by atoms with Gasteiger partial charge in [-0.25, -0.2) is 8.42 Å². The molecule has 1 aliphatic heterocycles. The van der Waals surface area contributed by atoms with E-state index in [1.54, 1.807) is 0 Å². The van der Waals surface area contributed by atoms with Crippen molar-refractivity contribution in [2.45, 2.75) is 23.1 Å². The molecule has 100 valence electrons. The average Bonchev–Trinajstić information content (AvgIpc) is 2.79. The summed E-state index contributed by atoms with van der Waals surface area (Å²) in [6, 6.07) is 1.20. The van der Waals surface area contributed by atoms with Gasteiger partial charge in [0.05, 0.1) is 5.56 Å².